The molecule has 1 unspecified atom stereocenters. The summed E-state index contributed by atoms with van der Waals surface area (Å²) in [4.78, 5) is 2.31. The lowest BCUT2D eigenvalue weighted by Gasteiger charge is -2.25. The van der Waals surface area contributed by atoms with Gasteiger partial charge in [-0.3, -0.25) is 0 Å². The van der Waals surface area contributed by atoms with Gasteiger partial charge in [-0.1, -0.05) is 0 Å². The van der Waals surface area contributed by atoms with E-state index in [0.29, 0.717) is 0 Å². The van der Waals surface area contributed by atoms with E-state index in [1.54, 1.807) is 14.2 Å². The van der Waals surface area contributed by atoms with Crippen LogP contribution >= 0.6 is 0 Å². The van der Waals surface area contributed by atoms with E-state index >= 15 is 0 Å². The van der Waals surface area contributed by atoms with Gasteiger partial charge in [-0.2, -0.15) is 0 Å². The molecule has 1 N–H and O–H groups in total. The smallest absolute Gasteiger partial charge is 0.162 e. The Morgan fingerprint density at radius 2 is 1.95 bits per heavy atom. The van der Waals surface area contributed by atoms with Gasteiger partial charge < -0.3 is 19.7 Å². The first-order valence-corrected chi connectivity index (χ1v) is 6.80. The Kier molecular flexibility index (Phi) is 4.53. The molecule has 1 atom stereocenters. The molecular weight excluding hydrogens is 240 g/mol. The van der Waals surface area contributed by atoms with Gasteiger partial charge in [0.15, 0.2) is 11.5 Å². The van der Waals surface area contributed by atoms with Crippen molar-refractivity contribution in [3.05, 3.63) is 17.7 Å². The summed E-state index contributed by atoms with van der Waals surface area (Å²) in [5.41, 5.74) is 2.43. The molecule has 0 aromatic heterocycles. The van der Waals surface area contributed by atoms with Crippen LogP contribution in [0.2, 0.25) is 0 Å². The standard InChI is InChI=1S/C15H24N2O2/c1-11-7-14(18-3)15(19-4)8-13(11)17(2)10-12-5-6-16-9-12/h7-8,12,16H,5-6,9-10H2,1-4H3. The second-order valence-electron chi connectivity index (χ2n) is 5.23. The van der Waals surface area contributed by atoms with Crippen LogP contribution in [0.1, 0.15) is 12.0 Å². The Balaban J connectivity index is 2.17. The van der Waals surface area contributed by atoms with Crippen LogP contribution in [0.3, 0.4) is 0 Å². The summed E-state index contributed by atoms with van der Waals surface area (Å²) in [5, 5.41) is 3.41. The average molecular weight is 264 g/mol. The Labute approximate surface area is 115 Å². The zero-order valence-corrected chi connectivity index (χ0v) is 12.3. The zero-order valence-electron chi connectivity index (χ0n) is 12.3. The van der Waals surface area contributed by atoms with Gasteiger partial charge in [-0.15, -0.1) is 0 Å². The van der Waals surface area contributed by atoms with E-state index in [9.17, 15) is 0 Å². The zero-order chi connectivity index (χ0) is 13.8. The van der Waals surface area contributed by atoms with E-state index in [2.05, 4.69) is 30.3 Å². The molecule has 4 nitrogen and oxygen atoms in total. The first kappa shape index (κ1) is 14.0. The third kappa shape index (κ3) is 3.13. The first-order valence-electron chi connectivity index (χ1n) is 6.80. The molecule has 4 heteroatoms. The van der Waals surface area contributed by atoms with Crippen molar-refractivity contribution in [2.45, 2.75) is 13.3 Å². The van der Waals surface area contributed by atoms with E-state index in [0.717, 1.165) is 37.1 Å². The number of hydrogen-bond acceptors (Lipinski definition) is 4. The number of ether oxygens (including phenoxy) is 2. The molecule has 1 heterocycles. The van der Waals surface area contributed by atoms with Gasteiger partial charge >= 0.3 is 0 Å². The number of aryl methyl sites for hydroxylation is 1. The number of anilines is 1. The van der Waals surface area contributed by atoms with Crippen molar-refractivity contribution in [2.24, 2.45) is 5.92 Å². The summed E-state index contributed by atoms with van der Waals surface area (Å²) in [7, 11) is 5.50. The third-order valence-corrected chi connectivity index (χ3v) is 3.81. The molecule has 0 saturated carbocycles. The minimum absolute atomic E-state index is 0.734. The average Bonchev–Trinajstić information content (AvgIpc) is 2.90. The largest absolute Gasteiger partial charge is 0.493 e. The highest BCUT2D eigenvalue weighted by molar-refractivity contribution is 5.61. The molecule has 0 amide bonds. The van der Waals surface area contributed by atoms with Crippen LogP contribution in [0.25, 0.3) is 0 Å². The highest BCUT2D eigenvalue weighted by Gasteiger charge is 2.18. The van der Waals surface area contributed by atoms with Crippen LogP contribution in [0.4, 0.5) is 5.69 Å². The molecule has 1 aliphatic heterocycles. The van der Waals surface area contributed by atoms with Crippen LogP contribution in [0.15, 0.2) is 12.1 Å². The maximum Gasteiger partial charge on any atom is 0.162 e. The van der Waals surface area contributed by atoms with Crippen molar-refractivity contribution >= 4 is 5.69 Å². The molecular formula is C15H24N2O2. The van der Waals surface area contributed by atoms with Crippen LogP contribution in [-0.2, 0) is 0 Å². The SMILES string of the molecule is COc1cc(C)c(N(C)CC2CCNC2)cc1OC. The molecule has 106 valence electrons. The van der Waals surface area contributed by atoms with Crippen molar-refractivity contribution in [1.29, 1.82) is 0 Å². The highest BCUT2D eigenvalue weighted by atomic mass is 16.5. The Morgan fingerprint density at radius 1 is 1.26 bits per heavy atom. The van der Waals surface area contributed by atoms with Gasteiger partial charge in [0.25, 0.3) is 0 Å². The summed E-state index contributed by atoms with van der Waals surface area (Å²) in [5.74, 6) is 2.32. The summed E-state index contributed by atoms with van der Waals surface area (Å²) >= 11 is 0. The fourth-order valence-electron chi connectivity index (χ4n) is 2.74. The normalized spacial score (nSPS) is 18.4. The molecule has 0 aliphatic carbocycles. The van der Waals surface area contributed by atoms with Crippen molar-refractivity contribution < 1.29 is 9.47 Å². The second-order valence-corrected chi connectivity index (χ2v) is 5.23. The monoisotopic (exact) mass is 264 g/mol. The van der Waals surface area contributed by atoms with Crippen LogP contribution in [0, 0.1) is 12.8 Å². The lowest BCUT2D eigenvalue weighted by molar-refractivity contribution is 0.354. The topological polar surface area (TPSA) is 33.7 Å². The third-order valence-electron chi connectivity index (χ3n) is 3.81. The second kappa shape index (κ2) is 6.15. The number of nitrogens with zero attached hydrogens (tertiary/aromatic N) is 1. The Hall–Kier alpha value is -1.42. The van der Waals surface area contributed by atoms with Crippen molar-refractivity contribution in [1.82, 2.24) is 5.32 Å². The van der Waals surface area contributed by atoms with E-state index in [1.807, 2.05) is 6.07 Å². The fraction of sp³-hybridized carbons (Fsp3) is 0.600. The minimum Gasteiger partial charge on any atom is -0.493 e. The predicted molar refractivity (Wildman–Crippen MR) is 78.5 cm³/mol. The highest BCUT2D eigenvalue weighted by Crippen LogP contribution is 2.34. The van der Waals surface area contributed by atoms with E-state index in [1.165, 1.54) is 17.7 Å². The maximum absolute atomic E-state index is 5.39. The Bertz CT molecular complexity index is 428. The van der Waals surface area contributed by atoms with Crippen LogP contribution in [0.5, 0.6) is 11.5 Å². The summed E-state index contributed by atoms with van der Waals surface area (Å²) in [6, 6.07) is 4.11. The van der Waals surface area contributed by atoms with E-state index in [-0.39, 0.29) is 0 Å². The minimum atomic E-state index is 0.734. The van der Waals surface area contributed by atoms with Gasteiger partial charge in [-0.05, 0) is 44.0 Å². The number of methoxy groups -OCH3 is 2. The van der Waals surface area contributed by atoms with Crippen molar-refractivity contribution in [2.75, 3.05) is 45.8 Å². The molecule has 1 aliphatic rings. The molecule has 0 spiro atoms. The molecule has 19 heavy (non-hydrogen) atoms. The quantitative estimate of drug-likeness (QED) is 0.882. The number of benzene rings is 1. The number of nitrogens with one attached hydrogen (secondary N) is 1. The predicted octanol–water partition coefficient (Wildman–Crippen LogP) is 2.06. The van der Waals surface area contributed by atoms with E-state index < -0.39 is 0 Å². The van der Waals surface area contributed by atoms with Crippen molar-refractivity contribution in [3.8, 4) is 11.5 Å². The maximum atomic E-state index is 5.39. The molecule has 1 saturated heterocycles. The van der Waals surface area contributed by atoms with Crippen LogP contribution in [-0.4, -0.2) is 40.9 Å². The van der Waals surface area contributed by atoms with Crippen LogP contribution < -0.4 is 19.7 Å². The number of rotatable bonds is 5. The molecule has 0 bridgehead atoms. The van der Waals surface area contributed by atoms with Crippen molar-refractivity contribution in [3.63, 3.8) is 0 Å². The van der Waals surface area contributed by atoms with E-state index in [4.69, 9.17) is 9.47 Å². The lowest BCUT2D eigenvalue weighted by atomic mass is 10.1. The molecule has 2 rings (SSSR count). The van der Waals surface area contributed by atoms with Gasteiger partial charge in [0.05, 0.1) is 14.2 Å². The van der Waals surface area contributed by atoms with Gasteiger partial charge in [-0.25, -0.2) is 0 Å². The summed E-state index contributed by atoms with van der Waals surface area (Å²) in [6.45, 7) is 5.45. The fourth-order valence-corrected chi connectivity index (χ4v) is 2.74. The van der Waals surface area contributed by atoms with Gasteiger partial charge in [0.1, 0.15) is 0 Å². The summed E-state index contributed by atoms with van der Waals surface area (Å²) in [6.07, 6.45) is 1.26. The first-order chi connectivity index (χ1) is 9.15. The molecule has 1 fully saturated rings. The van der Waals surface area contributed by atoms with Gasteiger partial charge in [0, 0.05) is 25.3 Å². The molecule has 1 aromatic carbocycles. The number of hydrogen-bond donors (Lipinski definition) is 1. The summed E-state index contributed by atoms with van der Waals surface area (Å²) < 4.78 is 10.7. The lowest BCUT2D eigenvalue weighted by Crippen LogP contribution is -2.27. The molecule has 0 radical (unpaired) electrons. The Morgan fingerprint density at radius 3 is 2.53 bits per heavy atom. The molecule has 1 aromatic rings. The van der Waals surface area contributed by atoms with Gasteiger partial charge in [0.2, 0.25) is 0 Å².